The Kier molecular flexibility index (Phi) is 5.93. The second kappa shape index (κ2) is 8.56. The molecule has 0 spiro atoms. The first-order valence-electron chi connectivity index (χ1n) is 8.79. The molecule has 146 valence electrons. The smallest absolute Gasteiger partial charge is 0.251 e. The summed E-state index contributed by atoms with van der Waals surface area (Å²) in [7, 11) is 3.11. The standard InChI is InChI=1S/C21H21FN2O4/c1-27-18-7-3-13(9-19(18)28-2)12-23-20(25)8-5-15-10-14-4-6-16(22)11-17(14)24-21(15)26/h3-4,6-7,9-11H,5,8,12H2,1-2H3,(H,23,25)(H,24,26). The van der Waals surface area contributed by atoms with Crippen LogP contribution in [-0.2, 0) is 17.8 Å². The Hall–Kier alpha value is -3.35. The van der Waals surface area contributed by atoms with Crippen molar-refractivity contribution in [1.29, 1.82) is 0 Å². The van der Waals surface area contributed by atoms with Crippen LogP contribution in [0.25, 0.3) is 10.9 Å². The summed E-state index contributed by atoms with van der Waals surface area (Å²) in [5, 5.41) is 3.55. The second-order valence-corrected chi connectivity index (χ2v) is 6.32. The summed E-state index contributed by atoms with van der Waals surface area (Å²) in [5.74, 6) is 0.625. The van der Waals surface area contributed by atoms with Crippen LogP contribution in [0.1, 0.15) is 17.5 Å². The number of ether oxygens (including phenoxy) is 2. The average Bonchev–Trinajstić information content (AvgIpc) is 2.70. The Morgan fingerprint density at radius 2 is 1.86 bits per heavy atom. The molecule has 1 heterocycles. The minimum absolute atomic E-state index is 0.170. The van der Waals surface area contributed by atoms with Crippen molar-refractivity contribution in [1.82, 2.24) is 10.3 Å². The molecular weight excluding hydrogens is 363 g/mol. The third-order valence-corrected chi connectivity index (χ3v) is 4.44. The number of carbonyl (C=O) groups excluding carboxylic acids is 1. The van der Waals surface area contributed by atoms with Crippen molar-refractivity contribution < 1.29 is 18.7 Å². The van der Waals surface area contributed by atoms with Crippen LogP contribution in [0.2, 0.25) is 0 Å². The first kappa shape index (κ1) is 19.4. The highest BCUT2D eigenvalue weighted by atomic mass is 19.1. The van der Waals surface area contributed by atoms with Crippen molar-refractivity contribution >= 4 is 16.8 Å². The first-order chi connectivity index (χ1) is 13.5. The van der Waals surface area contributed by atoms with E-state index >= 15 is 0 Å². The number of halogens is 1. The van der Waals surface area contributed by atoms with Crippen molar-refractivity contribution in [3.05, 3.63) is 69.8 Å². The predicted molar refractivity (Wildman–Crippen MR) is 104 cm³/mol. The van der Waals surface area contributed by atoms with E-state index in [4.69, 9.17) is 9.47 Å². The molecule has 7 heteroatoms. The molecule has 0 atom stereocenters. The molecule has 0 radical (unpaired) electrons. The van der Waals surface area contributed by atoms with Gasteiger partial charge in [-0.15, -0.1) is 0 Å². The summed E-state index contributed by atoms with van der Waals surface area (Å²) in [6, 6.07) is 11.3. The number of nitrogens with one attached hydrogen (secondary N) is 2. The molecule has 2 aromatic carbocycles. The fourth-order valence-electron chi connectivity index (χ4n) is 2.93. The Morgan fingerprint density at radius 3 is 2.61 bits per heavy atom. The Balaban J connectivity index is 1.60. The van der Waals surface area contributed by atoms with E-state index in [1.54, 1.807) is 38.5 Å². The maximum atomic E-state index is 13.2. The van der Waals surface area contributed by atoms with E-state index in [1.165, 1.54) is 12.1 Å². The number of fused-ring (bicyclic) bond motifs is 1. The number of hydrogen-bond acceptors (Lipinski definition) is 4. The topological polar surface area (TPSA) is 80.4 Å². The van der Waals surface area contributed by atoms with Gasteiger partial charge >= 0.3 is 0 Å². The van der Waals surface area contributed by atoms with E-state index in [9.17, 15) is 14.0 Å². The summed E-state index contributed by atoms with van der Waals surface area (Å²) < 4.78 is 23.7. The van der Waals surface area contributed by atoms with E-state index in [-0.39, 0.29) is 17.9 Å². The van der Waals surface area contributed by atoms with Gasteiger partial charge in [-0.05, 0) is 53.8 Å². The number of methoxy groups -OCH3 is 2. The molecule has 0 saturated heterocycles. The third kappa shape index (κ3) is 4.49. The van der Waals surface area contributed by atoms with Crippen LogP contribution in [-0.4, -0.2) is 25.1 Å². The third-order valence-electron chi connectivity index (χ3n) is 4.44. The zero-order valence-electron chi connectivity index (χ0n) is 15.7. The van der Waals surface area contributed by atoms with Crippen LogP contribution in [0.5, 0.6) is 11.5 Å². The number of pyridine rings is 1. The minimum atomic E-state index is -0.412. The quantitative estimate of drug-likeness (QED) is 0.656. The molecular formula is C21H21FN2O4. The van der Waals surface area contributed by atoms with Gasteiger partial charge in [-0.1, -0.05) is 6.07 Å². The molecule has 0 saturated carbocycles. The molecule has 0 bridgehead atoms. The van der Waals surface area contributed by atoms with E-state index in [0.29, 0.717) is 35.5 Å². The van der Waals surface area contributed by atoms with Gasteiger partial charge in [0.15, 0.2) is 11.5 Å². The van der Waals surface area contributed by atoms with Gasteiger partial charge in [0.1, 0.15) is 5.82 Å². The van der Waals surface area contributed by atoms with Crippen LogP contribution in [0.3, 0.4) is 0 Å². The fourth-order valence-corrected chi connectivity index (χ4v) is 2.93. The molecule has 3 aromatic rings. The molecule has 0 fully saturated rings. The first-order valence-corrected chi connectivity index (χ1v) is 8.79. The molecule has 0 aliphatic heterocycles. The molecule has 1 amide bonds. The van der Waals surface area contributed by atoms with Gasteiger partial charge in [0.2, 0.25) is 5.91 Å². The largest absolute Gasteiger partial charge is 0.493 e. The zero-order chi connectivity index (χ0) is 20.1. The number of aromatic nitrogens is 1. The summed E-state index contributed by atoms with van der Waals surface area (Å²) in [6.45, 7) is 0.340. The SMILES string of the molecule is COc1ccc(CNC(=O)CCc2cc3ccc(F)cc3[nH]c2=O)cc1OC. The number of H-pyrrole nitrogens is 1. The van der Waals surface area contributed by atoms with E-state index in [1.807, 2.05) is 6.07 Å². The highest BCUT2D eigenvalue weighted by molar-refractivity contribution is 5.79. The summed E-state index contributed by atoms with van der Waals surface area (Å²) in [6.07, 6.45) is 0.462. The molecule has 0 unspecified atom stereocenters. The molecule has 6 nitrogen and oxygen atoms in total. The van der Waals surface area contributed by atoms with Crippen molar-refractivity contribution in [2.24, 2.45) is 0 Å². The number of amides is 1. The molecule has 1 aromatic heterocycles. The zero-order valence-corrected chi connectivity index (χ0v) is 15.7. The molecule has 3 rings (SSSR count). The lowest BCUT2D eigenvalue weighted by Crippen LogP contribution is -2.24. The fraction of sp³-hybridized carbons (Fsp3) is 0.238. The highest BCUT2D eigenvalue weighted by Crippen LogP contribution is 2.27. The van der Waals surface area contributed by atoms with Crippen molar-refractivity contribution in [3.8, 4) is 11.5 Å². The number of benzene rings is 2. The Morgan fingerprint density at radius 1 is 1.07 bits per heavy atom. The predicted octanol–water partition coefficient (Wildman–Crippen LogP) is 2.93. The van der Waals surface area contributed by atoms with Crippen molar-refractivity contribution in [3.63, 3.8) is 0 Å². The highest BCUT2D eigenvalue weighted by Gasteiger charge is 2.09. The lowest BCUT2D eigenvalue weighted by molar-refractivity contribution is -0.121. The molecule has 2 N–H and O–H groups in total. The number of aromatic amines is 1. The van der Waals surface area contributed by atoms with E-state index < -0.39 is 5.82 Å². The number of aryl methyl sites for hydroxylation is 1. The summed E-state index contributed by atoms with van der Waals surface area (Å²) in [4.78, 5) is 26.9. The van der Waals surface area contributed by atoms with Gasteiger partial charge in [0, 0.05) is 18.5 Å². The van der Waals surface area contributed by atoms with Gasteiger partial charge in [0.25, 0.3) is 5.56 Å². The van der Waals surface area contributed by atoms with Gasteiger partial charge in [0.05, 0.1) is 19.7 Å². The minimum Gasteiger partial charge on any atom is -0.493 e. The van der Waals surface area contributed by atoms with E-state index in [0.717, 1.165) is 10.9 Å². The Bertz CT molecular complexity index is 1060. The monoisotopic (exact) mass is 384 g/mol. The molecule has 28 heavy (non-hydrogen) atoms. The van der Waals surface area contributed by atoms with Crippen LogP contribution in [0.15, 0.2) is 47.3 Å². The van der Waals surface area contributed by atoms with Crippen molar-refractivity contribution in [2.45, 2.75) is 19.4 Å². The Labute approximate surface area is 161 Å². The van der Waals surface area contributed by atoms with Gasteiger partial charge in [-0.2, -0.15) is 0 Å². The van der Waals surface area contributed by atoms with Crippen LogP contribution in [0.4, 0.5) is 4.39 Å². The molecule has 0 aliphatic rings. The van der Waals surface area contributed by atoms with Crippen LogP contribution in [0, 0.1) is 5.82 Å². The number of hydrogen-bond donors (Lipinski definition) is 2. The summed E-state index contributed by atoms with van der Waals surface area (Å²) in [5.41, 5.74) is 1.48. The van der Waals surface area contributed by atoms with E-state index in [2.05, 4.69) is 10.3 Å². The maximum Gasteiger partial charge on any atom is 0.251 e. The average molecular weight is 384 g/mol. The van der Waals surface area contributed by atoms with Crippen LogP contribution < -0.4 is 20.3 Å². The van der Waals surface area contributed by atoms with Gasteiger partial charge in [-0.3, -0.25) is 9.59 Å². The van der Waals surface area contributed by atoms with Crippen molar-refractivity contribution in [2.75, 3.05) is 14.2 Å². The van der Waals surface area contributed by atoms with Crippen LogP contribution >= 0.6 is 0 Å². The lowest BCUT2D eigenvalue weighted by atomic mass is 10.1. The molecule has 0 aliphatic carbocycles. The maximum absolute atomic E-state index is 13.2. The number of rotatable bonds is 7. The van der Waals surface area contributed by atoms with Gasteiger partial charge < -0.3 is 19.8 Å². The normalized spacial score (nSPS) is 10.7. The summed E-state index contributed by atoms with van der Waals surface area (Å²) >= 11 is 0. The number of carbonyl (C=O) groups is 1. The second-order valence-electron chi connectivity index (χ2n) is 6.32. The van der Waals surface area contributed by atoms with Gasteiger partial charge in [-0.25, -0.2) is 4.39 Å². The lowest BCUT2D eigenvalue weighted by Gasteiger charge is -2.10.